The third-order valence-corrected chi connectivity index (χ3v) is 4.17. The number of nitrogens with one attached hydrogen (secondary N) is 1. The van der Waals surface area contributed by atoms with Gasteiger partial charge in [-0.2, -0.15) is 0 Å². The molecule has 2 aromatic carbocycles. The number of hydrogen-bond donors (Lipinski definition) is 1. The van der Waals surface area contributed by atoms with Crippen LogP contribution in [0.1, 0.15) is 36.0 Å². The van der Waals surface area contributed by atoms with E-state index in [9.17, 15) is 4.79 Å². The van der Waals surface area contributed by atoms with Gasteiger partial charge in [0.1, 0.15) is 5.52 Å². The number of aromatic nitrogens is 1. The number of oxazole rings is 1. The number of hydrogen-bond acceptors (Lipinski definition) is 4. The zero-order valence-electron chi connectivity index (χ0n) is 14.9. The van der Waals surface area contributed by atoms with Crippen molar-refractivity contribution in [2.45, 2.75) is 26.7 Å². The average Bonchev–Trinajstić information content (AvgIpc) is 2.99. The number of nitrogens with zero attached hydrogens (tertiary/aromatic N) is 2. The highest BCUT2D eigenvalue weighted by Crippen LogP contribution is 2.21. The van der Waals surface area contributed by atoms with Gasteiger partial charge in [-0.25, -0.2) is 4.98 Å². The Labute approximate surface area is 147 Å². The van der Waals surface area contributed by atoms with Crippen LogP contribution >= 0.6 is 0 Å². The minimum absolute atomic E-state index is 0.140. The number of unbranched alkanes of at least 4 members (excludes halogenated alkanes) is 1. The van der Waals surface area contributed by atoms with E-state index in [-0.39, 0.29) is 5.91 Å². The maximum absolute atomic E-state index is 12.4. The smallest absolute Gasteiger partial charge is 0.255 e. The fourth-order valence-electron chi connectivity index (χ4n) is 2.71. The SMILES string of the molecule is CCCCN(C)c1ccc(C(=O)Nc2ccc3nc(C)oc3c2)cc1. The monoisotopic (exact) mass is 337 g/mol. The van der Waals surface area contributed by atoms with Gasteiger partial charge in [0.05, 0.1) is 0 Å². The number of carbonyl (C=O) groups is 1. The highest BCUT2D eigenvalue weighted by molar-refractivity contribution is 6.05. The first-order valence-corrected chi connectivity index (χ1v) is 8.56. The van der Waals surface area contributed by atoms with Gasteiger partial charge in [-0.05, 0) is 42.8 Å². The van der Waals surface area contributed by atoms with Crippen molar-refractivity contribution in [1.82, 2.24) is 4.98 Å². The standard InChI is InChI=1S/C20H23N3O2/c1-4-5-12-23(3)17-9-6-15(7-10-17)20(24)22-16-8-11-18-19(13-16)25-14(2)21-18/h6-11,13H,4-5,12H2,1-3H3,(H,22,24). The van der Waals surface area contributed by atoms with Crippen LogP contribution in [0.15, 0.2) is 46.9 Å². The Morgan fingerprint density at radius 1 is 1.20 bits per heavy atom. The first-order valence-electron chi connectivity index (χ1n) is 8.56. The van der Waals surface area contributed by atoms with Gasteiger partial charge in [-0.3, -0.25) is 4.79 Å². The lowest BCUT2D eigenvalue weighted by atomic mass is 10.1. The summed E-state index contributed by atoms with van der Waals surface area (Å²) in [6.45, 7) is 4.99. The molecule has 0 bridgehead atoms. The second kappa shape index (κ2) is 7.38. The molecule has 1 amide bonds. The van der Waals surface area contributed by atoms with Gasteiger partial charge in [-0.15, -0.1) is 0 Å². The highest BCUT2D eigenvalue weighted by atomic mass is 16.3. The van der Waals surface area contributed by atoms with E-state index in [1.807, 2.05) is 36.4 Å². The molecule has 0 saturated heterocycles. The molecule has 0 aliphatic heterocycles. The molecule has 0 unspecified atom stereocenters. The Bertz CT molecular complexity index is 868. The van der Waals surface area contributed by atoms with Crippen LogP contribution in [-0.2, 0) is 0 Å². The summed E-state index contributed by atoms with van der Waals surface area (Å²) in [5, 5.41) is 2.90. The predicted octanol–water partition coefficient (Wildman–Crippen LogP) is 4.62. The topological polar surface area (TPSA) is 58.4 Å². The first-order chi connectivity index (χ1) is 12.1. The lowest BCUT2D eigenvalue weighted by Crippen LogP contribution is -2.18. The van der Waals surface area contributed by atoms with Gasteiger partial charge in [0, 0.05) is 43.5 Å². The quantitative estimate of drug-likeness (QED) is 0.713. The lowest BCUT2D eigenvalue weighted by molar-refractivity contribution is 0.102. The molecule has 1 N–H and O–H groups in total. The van der Waals surface area contributed by atoms with Crippen molar-refractivity contribution in [3.05, 3.63) is 53.9 Å². The number of aryl methyl sites for hydroxylation is 1. The molecule has 0 radical (unpaired) electrons. The number of anilines is 2. The van der Waals surface area contributed by atoms with E-state index in [2.05, 4.69) is 29.2 Å². The molecule has 0 aliphatic rings. The van der Waals surface area contributed by atoms with Crippen LogP contribution in [0.2, 0.25) is 0 Å². The zero-order valence-corrected chi connectivity index (χ0v) is 14.9. The third kappa shape index (κ3) is 3.99. The zero-order chi connectivity index (χ0) is 17.8. The second-order valence-electron chi connectivity index (χ2n) is 6.19. The van der Waals surface area contributed by atoms with E-state index in [0.29, 0.717) is 22.7 Å². The normalized spacial score (nSPS) is 10.8. The van der Waals surface area contributed by atoms with Crippen molar-refractivity contribution in [2.24, 2.45) is 0 Å². The molecule has 5 nitrogen and oxygen atoms in total. The lowest BCUT2D eigenvalue weighted by Gasteiger charge is -2.19. The Morgan fingerprint density at radius 2 is 1.96 bits per heavy atom. The molecule has 3 aromatic rings. The molecule has 130 valence electrons. The van der Waals surface area contributed by atoms with Crippen molar-refractivity contribution in [1.29, 1.82) is 0 Å². The summed E-state index contributed by atoms with van der Waals surface area (Å²) in [5.41, 5.74) is 3.89. The van der Waals surface area contributed by atoms with Gasteiger partial charge in [0.2, 0.25) is 0 Å². The molecule has 1 aromatic heterocycles. The van der Waals surface area contributed by atoms with Crippen LogP contribution in [-0.4, -0.2) is 24.5 Å². The Hall–Kier alpha value is -2.82. The molecule has 0 fully saturated rings. The van der Waals surface area contributed by atoms with Crippen molar-refractivity contribution in [2.75, 3.05) is 23.8 Å². The summed E-state index contributed by atoms with van der Waals surface area (Å²) in [5.74, 6) is 0.472. The highest BCUT2D eigenvalue weighted by Gasteiger charge is 2.09. The first kappa shape index (κ1) is 17.0. The van der Waals surface area contributed by atoms with E-state index >= 15 is 0 Å². The van der Waals surface area contributed by atoms with Crippen molar-refractivity contribution >= 4 is 28.4 Å². The molecule has 3 rings (SSSR count). The molecule has 0 saturated carbocycles. The molecule has 0 aliphatic carbocycles. The molecule has 0 spiro atoms. The summed E-state index contributed by atoms with van der Waals surface area (Å²) >= 11 is 0. The number of fused-ring (bicyclic) bond motifs is 1. The van der Waals surface area contributed by atoms with Gasteiger partial charge in [-0.1, -0.05) is 13.3 Å². The van der Waals surface area contributed by atoms with E-state index in [1.54, 1.807) is 13.0 Å². The molecule has 1 heterocycles. The van der Waals surface area contributed by atoms with Crippen LogP contribution in [0.3, 0.4) is 0 Å². The van der Waals surface area contributed by atoms with Crippen molar-refractivity contribution < 1.29 is 9.21 Å². The molecular weight excluding hydrogens is 314 g/mol. The van der Waals surface area contributed by atoms with Gasteiger partial charge in [0.25, 0.3) is 5.91 Å². The minimum Gasteiger partial charge on any atom is -0.441 e. The summed E-state index contributed by atoms with van der Waals surface area (Å²) in [7, 11) is 2.07. The number of carbonyl (C=O) groups excluding carboxylic acids is 1. The van der Waals surface area contributed by atoms with Crippen LogP contribution in [0, 0.1) is 6.92 Å². The summed E-state index contributed by atoms with van der Waals surface area (Å²) in [6.07, 6.45) is 2.32. The fourth-order valence-corrected chi connectivity index (χ4v) is 2.71. The summed E-state index contributed by atoms with van der Waals surface area (Å²) in [6, 6.07) is 13.1. The van der Waals surface area contributed by atoms with Crippen LogP contribution in [0.4, 0.5) is 11.4 Å². The summed E-state index contributed by atoms with van der Waals surface area (Å²) < 4.78 is 5.50. The van der Waals surface area contributed by atoms with Gasteiger partial charge in [0.15, 0.2) is 11.5 Å². The van der Waals surface area contributed by atoms with Crippen molar-refractivity contribution in [3.8, 4) is 0 Å². The maximum atomic E-state index is 12.4. The maximum Gasteiger partial charge on any atom is 0.255 e. The molecular formula is C20H23N3O2. The van der Waals surface area contributed by atoms with Crippen LogP contribution < -0.4 is 10.2 Å². The second-order valence-corrected chi connectivity index (χ2v) is 6.19. The predicted molar refractivity (Wildman–Crippen MR) is 101 cm³/mol. The van der Waals surface area contributed by atoms with Crippen LogP contribution in [0.25, 0.3) is 11.1 Å². The largest absolute Gasteiger partial charge is 0.441 e. The average molecular weight is 337 g/mol. The van der Waals surface area contributed by atoms with E-state index < -0.39 is 0 Å². The number of rotatable bonds is 6. The molecule has 0 atom stereocenters. The van der Waals surface area contributed by atoms with E-state index in [4.69, 9.17) is 4.42 Å². The van der Waals surface area contributed by atoms with E-state index in [1.165, 1.54) is 6.42 Å². The third-order valence-electron chi connectivity index (χ3n) is 4.17. The van der Waals surface area contributed by atoms with Crippen LogP contribution in [0.5, 0.6) is 0 Å². The fraction of sp³-hybridized carbons (Fsp3) is 0.300. The summed E-state index contributed by atoms with van der Waals surface area (Å²) in [4.78, 5) is 18.9. The minimum atomic E-state index is -0.140. The molecule has 25 heavy (non-hydrogen) atoms. The Balaban J connectivity index is 1.69. The number of amides is 1. The Morgan fingerprint density at radius 3 is 2.68 bits per heavy atom. The van der Waals surface area contributed by atoms with Crippen molar-refractivity contribution in [3.63, 3.8) is 0 Å². The van der Waals surface area contributed by atoms with E-state index in [0.717, 1.165) is 24.2 Å². The van der Waals surface area contributed by atoms with Gasteiger partial charge < -0.3 is 14.6 Å². The van der Waals surface area contributed by atoms with Gasteiger partial charge >= 0.3 is 0 Å². The molecule has 5 heteroatoms. The Kier molecular flexibility index (Phi) is 5.03. The number of benzene rings is 2.